The van der Waals surface area contributed by atoms with Crippen LogP contribution in [-0.2, 0) is 30.4 Å². The Morgan fingerprint density at radius 3 is 2.10 bits per heavy atom. The second kappa shape index (κ2) is 11.6. The maximum atomic E-state index is 12.9. The van der Waals surface area contributed by atoms with Crippen LogP contribution in [0.5, 0.6) is 0 Å². The van der Waals surface area contributed by atoms with Gasteiger partial charge in [-0.25, -0.2) is 9.78 Å². The number of aromatic nitrogens is 2. The molecule has 0 bridgehead atoms. The van der Waals surface area contributed by atoms with Crippen molar-refractivity contribution in [3.8, 4) is 0 Å². The van der Waals surface area contributed by atoms with Crippen molar-refractivity contribution in [3.63, 3.8) is 0 Å². The molecule has 0 saturated heterocycles. The van der Waals surface area contributed by atoms with Crippen LogP contribution in [0.2, 0.25) is 0 Å². The summed E-state index contributed by atoms with van der Waals surface area (Å²) in [5.74, 6) is -4.85. The highest BCUT2D eigenvalue weighted by atomic mass is 16.4. The van der Waals surface area contributed by atoms with E-state index in [0.717, 1.165) is 0 Å². The molecule has 4 amide bonds. The van der Waals surface area contributed by atoms with E-state index in [2.05, 4.69) is 25.9 Å². The van der Waals surface area contributed by atoms with E-state index in [4.69, 9.17) is 11.5 Å². The monoisotopic (exact) mass is 439 g/mol. The largest absolute Gasteiger partial charge is 0.480 e. The highest BCUT2D eigenvalue weighted by Gasteiger charge is 2.32. The predicted molar refractivity (Wildman–Crippen MR) is 108 cm³/mol. The fourth-order valence-electron chi connectivity index (χ4n) is 2.58. The first-order valence-corrected chi connectivity index (χ1v) is 9.57. The lowest BCUT2D eigenvalue weighted by Crippen LogP contribution is -2.59. The normalized spacial score (nSPS) is 14.7. The number of imidazole rings is 1. The van der Waals surface area contributed by atoms with Crippen molar-refractivity contribution < 1.29 is 29.1 Å². The van der Waals surface area contributed by atoms with Gasteiger partial charge in [-0.2, -0.15) is 0 Å². The van der Waals surface area contributed by atoms with Crippen LogP contribution >= 0.6 is 0 Å². The molecule has 0 spiro atoms. The number of nitrogens with two attached hydrogens (primary N) is 2. The maximum Gasteiger partial charge on any atom is 0.326 e. The summed E-state index contributed by atoms with van der Waals surface area (Å²) < 4.78 is 0. The predicted octanol–water partition coefficient (Wildman–Crippen LogP) is -2.63. The van der Waals surface area contributed by atoms with E-state index < -0.39 is 66.1 Å². The van der Waals surface area contributed by atoms with Crippen molar-refractivity contribution in [2.45, 2.75) is 57.8 Å². The topological polar surface area (TPSA) is 222 Å². The molecule has 4 unspecified atom stereocenters. The molecule has 1 aromatic heterocycles. The van der Waals surface area contributed by atoms with Gasteiger partial charge in [-0.3, -0.25) is 19.2 Å². The summed E-state index contributed by atoms with van der Waals surface area (Å²) in [6, 6.07) is -4.62. The van der Waals surface area contributed by atoms with Crippen LogP contribution < -0.4 is 27.4 Å². The Bertz CT molecular complexity index is 793. The van der Waals surface area contributed by atoms with Gasteiger partial charge in [0.15, 0.2) is 0 Å². The molecule has 13 heteroatoms. The number of carboxylic acid groups (broad SMARTS) is 1. The van der Waals surface area contributed by atoms with Gasteiger partial charge in [0.05, 0.1) is 18.8 Å². The molecule has 0 saturated carbocycles. The summed E-state index contributed by atoms with van der Waals surface area (Å²) in [6.45, 7) is 4.73. The van der Waals surface area contributed by atoms with E-state index in [1.807, 2.05) is 0 Å². The number of carbonyl (C=O) groups is 5. The number of aliphatic carboxylic acids is 1. The first-order chi connectivity index (χ1) is 14.4. The molecular weight excluding hydrogens is 410 g/mol. The van der Waals surface area contributed by atoms with Crippen molar-refractivity contribution in [2.75, 3.05) is 0 Å². The smallest absolute Gasteiger partial charge is 0.326 e. The van der Waals surface area contributed by atoms with E-state index in [1.54, 1.807) is 13.8 Å². The van der Waals surface area contributed by atoms with E-state index >= 15 is 0 Å². The molecule has 0 fully saturated rings. The van der Waals surface area contributed by atoms with Gasteiger partial charge in [-0.1, -0.05) is 13.8 Å². The van der Waals surface area contributed by atoms with Gasteiger partial charge in [0.2, 0.25) is 23.6 Å². The van der Waals surface area contributed by atoms with Crippen LogP contribution in [0, 0.1) is 5.92 Å². The first kappa shape index (κ1) is 25.6. The average Bonchev–Trinajstić information content (AvgIpc) is 3.16. The Labute approximate surface area is 178 Å². The fourth-order valence-corrected chi connectivity index (χ4v) is 2.58. The first-order valence-electron chi connectivity index (χ1n) is 9.57. The average molecular weight is 439 g/mol. The van der Waals surface area contributed by atoms with Crippen molar-refractivity contribution >= 4 is 29.6 Å². The van der Waals surface area contributed by atoms with Crippen LogP contribution in [-0.4, -0.2) is 68.8 Å². The van der Waals surface area contributed by atoms with Crippen LogP contribution in [0.3, 0.4) is 0 Å². The van der Waals surface area contributed by atoms with Crippen LogP contribution in [0.4, 0.5) is 0 Å². The molecule has 9 N–H and O–H groups in total. The van der Waals surface area contributed by atoms with Gasteiger partial charge >= 0.3 is 5.97 Å². The van der Waals surface area contributed by atoms with Gasteiger partial charge in [0.25, 0.3) is 0 Å². The van der Waals surface area contributed by atoms with Gasteiger partial charge in [-0.05, 0) is 12.8 Å². The molecule has 31 heavy (non-hydrogen) atoms. The molecular formula is C18H29N7O6. The molecule has 13 nitrogen and oxygen atoms in total. The molecule has 1 rings (SSSR count). The quantitative estimate of drug-likeness (QED) is 0.182. The van der Waals surface area contributed by atoms with Gasteiger partial charge in [-0.15, -0.1) is 0 Å². The lowest BCUT2D eigenvalue weighted by atomic mass is 10.0. The van der Waals surface area contributed by atoms with Crippen molar-refractivity contribution in [1.29, 1.82) is 0 Å². The highest BCUT2D eigenvalue weighted by molar-refractivity contribution is 5.95. The van der Waals surface area contributed by atoms with E-state index in [0.29, 0.717) is 5.69 Å². The minimum atomic E-state index is -1.54. The van der Waals surface area contributed by atoms with Crippen LogP contribution in [0.25, 0.3) is 0 Å². The third-order valence-electron chi connectivity index (χ3n) is 4.29. The number of nitrogens with zero attached hydrogens (tertiary/aromatic N) is 1. The third kappa shape index (κ3) is 8.42. The number of hydrogen-bond donors (Lipinski definition) is 7. The number of hydrogen-bond acceptors (Lipinski definition) is 7. The number of aromatic amines is 1. The minimum absolute atomic E-state index is 0.0517. The zero-order chi connectivity index (χ0) is 23.7. The van der Waals surface area contributed by atoms with Crippen molar-refractivity contribution in [1.82, 2.24) is 25.9 Å². The number of nitrogens with one attached hydrogen (secondary N) is 4. The standard InChI is InChI=1S/C18H29N7O6/c1-8(2)14(17(29)24-12(18(30)31)5-13(20)26)25-16(28)11(23-15(27)9(3)19)4-10-6-21-7-22-10/h6-9,11-12,14H,4-5,19H2,1-3H3,(H2,20,26)(H,21,22)(H,23,27)(H,24,29)(H,25,28)(H,30,31). The zero-order valence-corrected chi connectivity index (χ0v) is 17.5. The molecule has 1 aromatic rings. The van der Waals surface area contributed by atoms with Crippen molar-refractivity contribution in [3.05, 3.63) is 18.2 Å². The van der Waals surface area contributed by atoms with E-state index in [9.17, 15) is 29.1 Å². The van der Waals surface area contributed by atoms with E-state index in [1.165, 1.54) is 19.4 Å². The zero-order valence-electron chi connectivity index (χ0n) is 17.5. The summed E-state index contributed by atoms with van der Waals surface area (Å²) in [6.07, 6.45) is 2.34. The number of rotatable bonds is 12. The number of carboxylic acids is 1. The molecule has 0 radical (unpaired) electrons. The number of primary amides is 1. The van der Waals surface area contributed by atoms with Crippen molar-refractivity contribution in [2.24, 2.45) is 17.4 Å². The Kier molecular flexibility index (Phi) is 9.60. The summed E-state index contributed by atoms with van der Waals surface area (Å²) in [5, 5.41) is 16.4. The Hall–Kier alpha value is -3.48. The Morgan fingerprint density at radius 2 is 1.65 bits per heavy atom. The minimum Gasteiger partial charge on any atom is -0.480 e. The highest BCUT2D eigenvalue weighted by Crippen LogP contribution is 2.06. The Morgan fingerprint density at radius 1 is 1.03 bits per heavy atom. The third-order valence-corrected chi connectivity index (χ3v) is 4.29. The molecule has 0 aliphatic heterocycles. The summed E-state index contributed by atoms with van der Waals surface area (Å²) in [5.41, 5.74) is 11.1. The number of carbonyl (C=O) groups excluding carboxylic acids is 4. The maximum absolute atomic E-state index is 12.9. The summed E-state index contributed by atoms with van der Waals surface area (Å²) in [4.78, 5) is 66.5. The molecule has 172 valence electrons. The van der Waals surface area contributed by atoms with Gasteiger partial charge < -0.3 is 37.5 Å². The van der Waals surface area contributed by atoms with Gasteiger partial charge in [0.1, 0.15) is 18.1 Å². The van der Waals surface area contributed by atoms with Crippen LogP contribution in [0.15, 0.2) is 12.5 Å². The molecule has 4 atom stereocenters. The second-order valence-electron chi connectivity index (χ2n) is 7.43. The molecule has 0 aliphatic carbocycles. The SMILES string of the molecule is CC(N)C(=O)NC(Cc1cnc[nH]1)C(=O)NC(C(=O)NC(CC(N)=O)C(=O)O)C(C)C. The van der Waals surface area contributed by atoms with Crippen LogP contribution in [0.1, 0.15) is 32.9 Å². The molecule has 0 aromatic carbocycles. The second-order valence-corrected chi connectivity index (χ2v) is 7.43. The number of H-pyrrole nitrogens is 1. The lowest BCUT2D eigenvalue weighted by Gasteiger charge is -2.26. The summed E-state index contributed by atoms with van der Waals surface area (Å²) >= 11 is 0. The molecule has 0 aliphatic rings. The summed E-state index contributed by atoms with van der Waals surface area (Å²) in [7, 11) is 0. The Balaban J connectivity index is 2.98. The fraction of sp³-hybridized carbons (Fsp3) is 0.556. The number of amides is 4. The molecule has 1 heterocycles. The lowest BCUT2D eigenvalue weighted by molar-refractivity contribution is -0.144. The van der Waals surface area contributed by atoms with E-state index in [-0.39, 0.29) is 6.42 Å². The van der Waals surface area contributed by atoms with Gasteiger partial charge in [0, 0.05) is 18.3 Å².